The number of nitrogens with zero attached hydrogens (tertiary/aromatic N) is 3. The summed E-state index contributed by atoms with van der Waals surface area (Å²) in [5.74, 6) is -0.173. The monoisotopic (exact) mass is 384 g/mol. The van der Waals surface area contributed by atoms with E-state index in [1.807, 2.05) is 24.3 Å². The van der Waals surface area contributed by atoms with Gasteiger partial charge in [-0.2, -0.15) is 0 Å². The van der Waals surface area contributed by atoms with Crippen molar-refractivity contribution in [3.63, 3.8) is 0 Å². The summed E-state index contributed by atoms with van der Waals surface area (Å²) in [5, 5.41) is 4.45. The predicted molar refractivity (Wildman–Crippen MR) is 105 cm³/mol. The molecule has 0 bridgehead atoms. The number of thiophene rings is 1. The number of hydrogen-bond donors (Lipinski definition) is 1. The molecule has 1 aromatic carbocycles. The van der Waals surface area contributed by atoms with Crippen LogP contribution in [0.2, 0.25) is 0 Å². The lowest BCUT2D eigenvalue weighted by atomic mass is 10.2. The largest absolute Gasteiger partial charge is 0.351 e. The van der Waals surface area contributed by atoms with Gasteiger partial charge in [-0.15, -0.1) is 22.7 Å². The summed E-state index contributed by atoms with van der Waals surface area (Å²) < 4.78 is 2.58. The number of aryl methyl sites for hydroxylation is 2. The van der Waals surface area contributed by atoms with Crippen LogP contribution in [0, 0.1) is 6.92 Å². The number of nitrogens with one attached hydrogen (secondary N) is 1. The highest BCUT2D eigenvalue weighted by atomic mass is 32.1. The molecule has 3 aromatic heterocycles. The Hall–Kier alpha value is -2.58. The fraction of sp³-hybridized carbons (Fsp3) is 0.222. The van der Waals surface area contributed by atoms with Crippen LogP contribution in [0.25, 0.3) is 20.4 Å². The molecule has 0 aliphatic carbocycles. The maximum absolute atomic E-state index is 12.5. The van der Waals surface area contributed by atoms with Crippen LogP contribution in [0.5, 0.6) is 0 Å². The number of carbonyl (C=O) groups is 1. The van der Waals surface area contributed by atoms with Crippen molar-refractivity contribution < 1.29 is 4.79 Å². The Morgan fingerprint density at radius 3 is 2.88 bits per heavy atom. The van der Waals surface area contributed by atoms with Crippen molar-refractivity contribution in [1.29, 1.82) is 0 Å². The predicted octanol–water partition coefficient (Wildman–Crippen LogP) is 2.89. The number of hydrogen-bond acceptors (Lipinski definition) is 6. The van der Waals surface area contributed by atoms with Gasteiger partial charge in [0.25, 0.3) is 11.5 Å². The summed E-state index contributed by atoms with van der Waals surface area (Å²) in [4.78, 5) is 34.8. The van der Waals surface area contributed by atoms with E-state index in [0.29, 0.717) is 33.6 Å². The second-order valence-corrected chi connectivity index (χ2v) is 8.09. The van der Waals surface area contributed by atoms with Gasteiger partial charge in [-0.3, -0.25) is 9.59 Å². The summed E-state index contributed by atoms with van der Waals surface area (Å²) >= 11 is 2.90. The molecule has 0 saturated carbocycles. The molecule has 1 amide bonds. The lowest BCUT2D eigenvalue weighted by Gasteiger charge is -2.02. The van der Waals surface area contributed by atoms with E-state index in [1.165, 1.54) is 22.2 Å². The van der Waals surface area contributed by atoms with E-state index in [1.54, 1.807) is 25.3 Å². The number of thiazole rings is 1. The van der Waals surface area contributed by atoms with Gasteiger partial charge in [0.1, 0.15) is 4.83 Å². The van der Waals surface area contributed by atoms with Crippen molar-refractivity contribution in [3.05, 3.63) is 56.4 Å². The van der Waals surface area contributed by atoms with Crippen molar-refractivity contribution >= 4 is 49.0 Å². The summed E-state index contributed by atoms with van der Waals surface area (Å²) in [6.45, 7) is 2.29. The first-order chi connectivity index (χ1) is 12.5. The van der Waals surface area contributed by atoms with E-state index in [2.05, 4.69) is 15.3 Å². The zero-order chi connectivity index (χ0) is 18.3. The van der Waals surface area contributed by atoms with Crippen molar-refractivity contribution in [1.82, 2.24) is 19.9 Å². The van der Waals surface area contributed by atoms with Crippen LogP contribution in [0.15, 0.2) is 35.4 Å². The average molecular weight is 384 g/mol. The van der Waals surface area contributed by atoms with E-state index < -0.39 is 0 Å². The van der Waals surface area contributed by atoms with Gasteiger partial charge in [0.15, 0.2) is 0 Å². The molecular weight excluding hydrogens is 368 g/mol. The molecule has 0 fully saturated rings. The summed E-state index contributed by atoms with van der Waals surface area (Å²) in [5.41, 5.74) is 1.55. The van der Waals surface area contributed by atoms with Gasteiger partial charge in [-0.1, -0.05) is 12.1 Å². The van der Waals surface area contributed by atoms with E-state index in [-0.39, 0.29) is 11.5 Å². The molecule has 26 heavy (non-hydrogen) atoms. The number of fused-ring (bicyclic) bond motifs is 2. The average Bonchev–Trinajstić information content (AvgIpc) is 3.19. The molecule has 0 atom stereocenters. The minimum absolute atomic E-state index is 0.128. The topological polar surface area (TPSA) is 76.9 Å². The van der Waals surface area contributed by atoms with E-state index in [0.717, 1.165) is 15.2 Å². The number of benzene rings is 1. The molecular formula is C18H16N4O2S2. The van der Waals surface area contributed by atoms with E-state index in [4.69, 9.17) is 0 Å². The van der Waals surface area contributed by atoms with Crippen LogP contribution in [0.4, 0.5) is 0 Å². The van der Waals surface area contributed by atoms with Crippen molar-refractivity contribution in [2.45, 2.75) is 13.3 Å². The van der Waals surface area contributed by atoms with Crippen molar-refractivity contribution in [2.24, 2.45) is 7.05 Å². The molecule has 6 nitrogen and oxygen atoms in total. The molecule has 0 aliphatic rings. The fourth-order valence-electron chi connectivity index (χ4n) is 2.82. The Morgan fingerprint density at radius 2 is 2.08 bits per heavy atom. The Labute approximate surface area is 157 Å². The Morgan fingerprint density at radius 1 is 1.27 bits per heavy atom. The lowest BCUT2D eigenvalue weighted by molar-refractivity contribution is 0.0957. The summed E-state index contributed by atoms with van der Waals surface area (Å²) in [6, 6.07) is 8.00. The number of rotatable bonds is 4. The van der Waals surface area contributed by atoms with Crippen LogP contribution in [0.1, 0.15) is 20.2 Å². The molecule has 3 heterocycles. The minimum atomic E-state index is -0.173. The third kappa shape index (κ3) is 2.91. The third-order valence-corrected chi connectivity index (χ3v) is 6.47. The number of carbonyl (C=O) groups excluding carboxylic acids is 1. The smallest absolute Gasteiger partial charge is 0.262 e. The molecule has 0 unspecified atom stereocenters. The first-order valence-electron chi connectivity index (χ1n) is 8.12. The number of aromatic nitrogens is 3. The molecule has 4 rings (SSSR count). The van der Waals surface area contributed by atoms with Crippen LogP contribution in [-0.2, 0) is 13.5 Å². The molecule has 8 heteroatoms. The van der Waals surface area contributed by atoms with Gasteiger partial charge >= 0.3 is 0 Å². The molecule has 1 N–H and O–H groups in total. The Kier molecular flexibility index (Phi) is 4.29. The zero-order valence-electron chi connectivity index (χ0n) is 14.3. The highest BCUT2D eigenvalue weighted by Gasteiger charge is 2.18. The zero-order valence-corrected chi connectivity index (χ0v) is 15.9. The minimum Gasteiger partial charge on any atom is -0.351 e. The first kappa shape index (κ1) is 16.9. The SMILES string of the molecule is Cc1c(C(=O)NCCc2nc3ccccc3s2)sc2ncn(C)c(=O)c12. The summed E-state index contributed by atoms with van der Waals surface area (Å²) in [6.07, 6.45) is 2.16. The standard InChI is InChI=1S/C18H16N4O2S2/c1-10-14-17(20-9-22(2)18(14)24)26-15(10)16(23)19-8-7-13-21-11-5-3-4-6-12(11)25-13/h3-6,9H,7-8H2,1-2H3,(H,19,23). The number of para-hydroxylation sites is 1. The second kappa shape index (κ2) is 6.62. The second-order valence-electron chi connectivity index (χ2n) is 5.98. The Balaban J connectivity index is 1.50. The van der Waals surface area contributed by atoms with Gasteiger partial charge in [0, 0.05) is 20.0 Å². The highest BCUT2D eigenvalue weighted by Crippen LogP contribution is 2.26. The Bertz CT molecular complexity index is 1160. The van der Waals surface area contributed by atoms with Gasteiger partial charge in [0.05, 0.1) is 31.8 Å². The van der Waals surface area contributed by atoms with E-state index in [9.17, 15) is 9.59 Å². The normalized spacial score (nSPS) is 11.3. The van der Waals surface area contributed by atoms with E-state index >= 15 is 0 Å². The van der Waals surface area contributed by atoms with Crippen molar-refractivity contribution in [2.75, 3.05) is 6.54 Å². The maximum Gasteiger partial charge on any atom is 0.262 e. The molecule has 0 spiro atoms. The molecule has 132 valence electrons. The van der Waals surface area contributed by atoms with Gasteiger partial charge in [-0.05, 0) is 24.6 Å². The fourth-order valence-corrected chi connectivity index (χ4v) is 4.84. The quantitative estimate of drug-likeness (QED) is 0.587. The third-order valence-electron chi connectivity index (χ3n) is 4.18. The molecule has 0 radical (unpaired) electrons. The maximum atomic E-state index is 12.5. The van der Waals surface area contributed by atoms with Gasteiger partial charge in [-0.25, -0.2) is 9.97 Å². The van der Waals surface area contributed by atoms with Crippen LogP contribution < -0.4 is 10.9 Å². The number of amides is 1. The molecule has 0 saturated heterocycles. The summed E-state index contributed by atoms with van der Waals surface area (Å²) in [7, 11) is 1.66. The first-order valence-corrected chi connectivity index (χ1v) is 9.75. The van der Waals surface area contributed by atoms with Crippen LogP contribution >= 0.6 is 22.7 Å². The molecule has 0 aliphatic heterocycles. The van der Waals surface area contributed by atoms with Gasteiger partial charge < -0.3 is 9.88 Å². The highest BCUT2D eigenvalue weighted by molar-refractivity contribution is 7.20. The van der Waals surface area contributed by atoms with Crippen molar-refractivity contribution in [3.8, 4) is 0 Å². The molecule has 4 aromatic rings. The van der Waals surface area contributed by atoms with Crippen LogP contribution in [0.3, 0.4) is 0 Å². The van der Waals surface area contributed by atoms with Crippen LogP contribution in [-0.4, -0.2) is 27.0 Å². The lowest BCUT2D eigenvalue weighted by Crippen LogP contribution is -2.25. The van der Waals surface area contributed by atoms with Gasteiger partial charge in [0.2, 0.25) is 0 Å².